The van der Waals surface area contributed by atoms with E-state index in [0.717, 1.165) is 28.7 Å². The van der Waals surface area contributed by atoms with Crippen LogP contribution in [-0.2, 0) is 6.18 Å². The number of hydrogen-bond donors (Lipinski definition) is 3. The van der Waals surface area contributed by atoms with Gasteiger partial charge in [-0.05, 0) is 42.5 Å². The van der Waals surface area contributed by atoms with Gasteiger partial charge in [-0.1, -0.05) is 0 Å². The minimum Gasteiger partial charge on any atom is -0.378 e. The second-order valence-corrected chi connectivity index (χ2v) is 7.06. The average molecular weight is 414 g/mol. The number of nitrogens with one attached hydrogen (secondary N) is 3. The summed E-state index contributed by atoms with van der Waals surface area (Å²) in [6.45, 7) is 0. The van der Waals surface area contributed by atoms with Gasteiger partial charge in [-0.2, -0.15) is 13.2 Å². The lowest BCUT2D eigenvalue weighted by Gasteiger charge is -2.16. The summed E-state index contributed by atoms with van der Waals surface area (Å²) in [6, 6.07) is 10.0. The van der Waals surface area contributed by atoms with Crippen LogP contribution in [0.5, 0.6) is 0 Å². The van der Waals surface area contributed by atoms with Crippen LogP contribution in [0.3, 0.4) is 0 Å². The fourth-order valence-electron chi connectivity index (χ4n) is 3.14. The number of fused-ring (bicyclic) bond motifs is 1. The average Bonchev–Trinajstić information content (AvgIpc) is 3.12. The van der Waals surface area contributed by atoms with Gasteiger partial charge in [-0.15, -0.1) is 0 Å². The second-order valence-electron chi connectivity index (χ2n) is 7.06. The Labute approximate surface area is 168 Å². The Balaban J connectivity index is 1.63. The third kappa shape index (κ3) is 3.38. The molecular weight excluding hydrogens is 397 g/mol. The number of benzene rings is 2. The molecule has 9 heteroatoms. The smallest absolute Gasteiger partial charge is 0.378 e. The molecule has 3 N–H and O–H groups in total. The van der Waals surface area contributed by atoms with E-state index < -0.39 is 22.6 Å². The number of halogens is 3. The molecule has 1 aromatic heterocycles. The normalized spacial score (nSPS) is 11.8. The maximum absolute atomic E-state index is 12.7. The van der Waals surface area contributed by atoms with Crippen molar-refractivity contribution in [2.24, 2.45) is 0 Å². The van der Waals surface area contributed by atoms with Crippen molar-refractivity contribution in [3.8, 4) is 0 Å². The molecule has 0 radical (unpaired) electrons. The molecule has 0 aliphatic carbocycles. The van der Waals surface area contributed by atoms with Crippen LogP contribution in [0, 0.1) is 0 Å². The van der Waals surface area contributed by atoms with Crippen molar-refractivity contribution in [3.05, 3.63) is 74.7 Å². The number of nitrogens with zero attached hydrogens (tertiary/aromatic N) is 1. The maximum atomic E-state index is 12.7. The Morgan fingerprint density at radius 1 is 0.900 bits per heavy atom. The van der Waals surface area contributed by atoms with E-state index in [0.29, 0.717) is 5.69 Å². The Kier molecular flexibility index (Phi) is 4.53. The van der Waals surface area contributed by atoms with Crippen molar-refractivity contribution < 1.29 is 13.2 Å². The van der Waals surface area contributed by atoms with Gasteiger partial charge < -0.3 is 20.5 Å². The first kappa shape index (κ1) is 19.6. The molecule has 0 saturated heterocycles. The van der Waals surface area contributed by atoms with Crippen LogP contribution in [0.25, 0.3) is 10.9 Å². The number of aromatic nitrogens is 1. The van der Waals surface area contributed by atoms with Crippen molar-refractivity contribution in [3.63, 3.8) is 0 Å². The molecule has 0 aliphatic heterocycles. The van der Waals surface area contributed by atoms with Gasteiger partial charge in [0.2, 0.25) is 0 Å². The number of rotatable bonds is 5. The van der Waals surface area contributed by atoms with Crippen molar-refractivity contribution in [2.75, 3.05) is 29.6 Å². The summed E-state index contributed by atoms with van der Waals surface area (Å²) in [7, 11) is 3.81. The standard InChI is InChI=1S/C21H17F3N4O2/c1-28(2)13-7-8-15-14(9-13)16(10-25-15)27-18-17(19(29)20(18)30)26-12-5-3-11(4-6-12)21(22,23)24/h3-10,25-27H,1-2H3. The van der Waals surface area contributed by atoms with Crippen molar-refractivity contribution >= 4 is 39.3 Å². The first-order chi connectivity index (χ1) is 14.1. The lowest BCUT2D eigenvalue weighted by molar-refractivity contribution is -0.137. The largest absolute Gasteiger partial charge is 0.416 e. The van der Waals surface area contributed by atoms with Crippen LogP contribution in [0.4, 0.5) is 41.6 Å². The summed E-state index contributed by atoms with van der Waals surface area (Å²) in [4.78, 5) is 29.2. The van der Waals surface area contributed by atoms with Gasteiger partial charge in [-0.3, -0.25) is 9.59 Å². The topological polar surface area (TPSA) is 77.2 Å². The number of hydrogen-bond acceptors (Lipinski definition) is 5. The molecule has 4 aromatic rings. The van der Waals surface area contributed by atoms with E-state index in [1.54, 1.807) is 6.20 Å². The van der Waals surface area contributed by atoms with E-state index in [2.05, 4.69) is 15.6 Å². The molecule has 0 aliphatic rings. The summed E-state index contributed by atoms with van der Waals surface area (Å²) in [5.74, 6) is 0. The van der Waals surface area contributed by atoms with Gasteiger partial charge in [0, 0.05) is 42.6 Å². The third-order valence-corrected chi connectivity index (χ3v) is 4.83. The molecule has 4 rings (SSSR count). The molecule has 0 unspecified atom stereocenters. The summed E-state index contributed by atoms with van der Waals surface area (Å²) < 4.78 is 38.1. The number of aromatic amines is 1. The van der Waals surface area contributed by atoms with Gasteiger partial charge in [0.25, 0.3) is 10.9 Å². The van der Waals surface area contributed by atoms with E-state index >= 15 is 0 Å². The number of anilines is 5. The molecule has 0 spiro atoms. The zero-order valence-electron chi connectivity index (χ0n) is 16.0. The van der Waals surface area contributed by atoms with Crippen molar-refractivity contribution in [1.29, 1.82) is 0 Å². The highest BCUT2D eigenvalue weighted by Crippen LogP contribution is 2.33. The predicted molar refractivity (Wildman–Crippen MR) is 112 cm³/mol. The summed E-state index contributed by atoms with van der Waals surface area (Å²) in [5.41, 5.74) is 0.537. The summed E-state index contributed by atoms with van der Waals surface area (Å²) in [6.07, 6.45) is -2.77. The zero-order chi connectivity index (χ0) is 21.6. The van der Waals surface area contributed by atoms with E-state index in [1.165, 1.54) is 12.1 Å². The Bertz CT molecular complexity index is 1300. The van der Waals surface area contributed by atoms with Gasteiger partial charge >= 0.3 is 6.18 Å². The van der Waals surface area contributed by atoms with Crippen LogP contribution in [0.15, 0.2) is 58.3 Å². The maximum Gasteiger partial charge on any atom is 0.416 e. The van der Waals surface area contributed by atoms with Gasteiger partial charge in [0.1, 0.15) is 11.4 Å². The molecule has 0 bridgehead atoms. The quantitative estimate of drug-likeness (QED) is 0.424. The van der Waals surface area contributed by atoms with Crippen molar-refractivity contribution in [1.82, 2.24) is 4.98 Å². The molecule has 0 amide bonds. The monoisotopic (exact) mass is 414 g/mol. The molecular formula is C21H17F3N4O2. The number of H-pyrrole nitrogens is 1. The van der Waals surface area contributed by atoms with Gasteiger partial charge in [-0.25, -0.2) is 0 Å². The third-order valence-electron chi connectivity index (χ3n) is 4.83. The molecule has 1 heterocycles. The number of alkyl halides is 3. The Morgan fingerprint density at radius 3 is 2.13 bits per heavy atom. The predicted octanol–water partition coefficient (Wildman–Crippen LogP) is 4.34. The fraction of sp³-hybridized carbons (Fsp3) is 0.143. The highest BCUT2D eigenvalue weighted by atomic mass is 19.4. The summed E-state index contributed by atoms with van der Waals surface area (Å²) >= 11 is 0. The molecule has 3 aromatic carbocycles. The molecule has 0 saturated carbocycles. The first-order valence-corrected chi connectivity index (χ1v) is 8.98. The molecule has 30 heavy (non-hydrogen) atoms. The minimum absolute atomic E-state index is 0.0119. The van der Waals surface area contributed by atoms with Crippen LogP contribution >= 0.6 is 0 Å². The SMILES string of the molecule is CN(C)c1ccc2[nH]cc(Nc3c(Nc4ccc(C(F)(F)F)cc4)c(=O)c3=O)c2c1. The highest BCUT2D eigenvalue weighted by Gasteiger charge is 2.30. The van der Waals surface area contributed by atoms with E-state index in [4.69, 9.17) is 0 Å². The zero-order valence-corrected chi connectivity index (χ0v) is 16.0. The molecule has 0 atom stereocenters. The minimum atomic E-state index is -4.45. The lowest BCUT2D eigenvalue weighted by Crippen LogP contribution is -2.35. The van der Waals surface area contributed by atoms with Crippen LogP contribution < -0.4 is 26.4 Å². The Morgan fingerprint density at radius 2 is 1.53 bits per heavy atom. The van der Waals surface area contributed by atoms with E-state index in [9.17, 15) is 22.8 Å². The Hall–Kier alpha value is -3.75. The van der Waals surface area contributed by atoms with Gasteiger partial charge in [0.15, 0.2) is 0 Å². The summed E-state index contributed by atoms with van der Waals surface area (Å²) in [5, 5.41) is 6.54. The highest BCUT2D eigenvalue weighted by molar-refractivity contribution is 5.98. The molecule has 154 valence electrons. The fourth-order valence-corrected chi connectivity index (χ4v) is 3.14. The van der Waals surface area contributed by atoms with E-state index in [-0.39, 0.29) is 17.1 Å². The van der Waals surface area contributed by atoms with Crippen LogP contribution in [0.2, 0.25) is 0 Å². The lowest BCUT2D eigenvalue weighted by atomic mass is 10.1. The van der Waals surface area contributed by atoms with Crippen molar-refractivity contribution in [2.45, 2.75) is 6.18 Å². The van der Waals surface area contributed by atoms with E-state index in [1.807, 2.05) is 37.2 Å². The van der Waals surface area contributed by atoms with Crippen LogP contribution in [-0.4, -0.2) is 19.1 Å². The second kappa shape index (κ2) is 6.94. The molecule has 0 fully saturated rings. The van der Waals surface area contributed by atoms with Gasteiger partial charge in [0.05, 0.1) is 11.3 Å². The van der Waals surface area contributed by atoms with Crippen LogP contribution in [0.1, 0.15) is 5.56 Å². The molecule has 6 nitrogen and oxygen atoms in total. The first-order valence-electron chi connectivity index (χ1n) is 8.98.